The first kappa shape index (κ1) is 73.4. The van der Waals surface area contributed by atoms with Crippen molar-refractivity contribution in [2.45, 2.75) is 0 Å². The third kappa shape index (κ3) is 12.6. The third-order valence-corrected chi connectivity index (χ3v) is 25.7. The van der Waals surface area contributed by atoms with Crippen LogP contribution in [0.1, 0.15) is 0 Å². The SMILES string of the molecule is c1ccc(-n2c3ccccc3c3cc(-c4ccc5nc(-c6ccc7c(c6)c6ccccc6n7-c6ccccc6)cc(-c6ccc(-c7cnc8ccccc8c7)nc6)c5c4)ccc32)cc1.c1ccc(-n2c3ccccc3c3cc(-c4ccc5nc(-c6ccc7c(c6)c6ccccc6n7-c6ccccc6)cc(-c6cccc(-c7cnc8ccccc8c7)c6)c5c4)ccc32)cc1. The van der Waals surface area contributed by atoms with E-state index >= 15 is 0 Å². The van der Waals surface area contributed by atoms with Crippen molar-refractivity contribution in [3.63, 3.8) is 0 Å². The Kier molecular flexibility index (Phi) is 17.4. The van der Waals surface area contributed by atoms with Crippen LogP contribution in [0.3, 0.4) is 0 Å². The maximum atomic E-state index is 5.44. The quantitative estimate of drug-likeness (QED) is 0.122. The summed E-state index contributed by atoms with van der Waals surface area (Å²) in [5.41, 5.74) is 34.8. The summed E-state index contributed by atoms with van der Waals surface area (Å²) in [6, 6.07) is 157. The molecular formula is C119H75N9. The topological polar surface area (TPSA) is 84.2 Å². The number of hydrogen-bond acceptors (Lipinski definition) is 5. The van der Waals surface area contributed by atoms with E-state index in [1.165, 1.54) is 81.7 Å². The number of pyridine rings is 5. The normalized spacial score (nSPS) is 11.8. The molecule has 0 aliphatic carbocycles. The summed E-state index contributed by atoms with van der Waals surface area (Å²) in [6.45, 7) is 0. The van der Waals surface area contributed by atoms with E-state index in [2.05, 4.69) is 431 Å². The van der Waals surface area contributed by atoms with Gasteiger partial charge in [0.25, 0.3) is 0 Å². The number of benzene rings is 17. The fourth-order valence-corrected chi connectivity index (χ4v) is 19.6. The molecule has 0 aliphatic heterocycles. The first-order valence-electron chi connectivity index (χ1n) is 43.5. The van der Waals surface area contributed by atoms with Crippen LogP contribution in [0.5, 0.6) is 0 Å². The molecule has 9 heteroatoms. The largest absolute Gasteiger partial charge is 0.309 e. The van der Waals surface area contributed by atoms with Crippen LogP contribution in [0.2, 0.25) is 0 Å². The summed E-state index contributed by atoms with van der Waals surface area (Å²) in [5, 5.41) is 14.1. The lowest BCUT2D eigenvalue weighted by Gasteiger charge is -2.14. The van der Waals surface area contributed by atoms with Crippen LogP contribution in [-0.2, 0) is 0 Å². The molecule has 0 bridgehead atoms. The monoisotopic (exact) mass is 1630 g/mol. The van der Waals surface area contributed by atoms with Crippen LogP contribution in [-0.4, -0.2) is 43.2 Å². The molecule has 26 aromatic rings. The molecule has 9 heterocycles. The highest BCUT2D eigenvalue weighted by Gasteiger charge is 2.23. The minimum Gasteiger partial charge on any atom is -0.309 e. The molecule has 0 saturated heterocycles. The van der Waals surface area contributed by atoms with Crippen molar-refractivity contribution in [3.05, 3.63) is 455 Å². The number of aromatic nitrogens is 9. The Bertz CT molecular complexity index is 8940. The molecule has 17 aromatic carbocycles. The van der Waals surface area contributed by atoms with Gasteiger partial charge in [0.05, 0.1) is 83.3 Å². The summed E-state index contributed by atoms with van der Waals surface area (Å²) in [7, 11) is 0. The molecule has 0 N–H and O–H groups in total. The van der Waals surface area contributed by atoms with Crippen molar-refractivity contribution in [1.82, 2.24) is 43.2 Å². The first-order valence-corrected chi connectivity index (χ1v) is 43.5. The van der Waals surface area contributed by atoms with Gasteiger partial charge in [-0.3, -0.25) is 15.0 Å². The van der Waals surface area contributed by atoms with Gasteiger partial charge in [0.1, 0.15) is 0 Å². The van der Waals surface area contributed by atoms with E-state index in [1.54, 1.807) is 0 Å². The molecule has 9 aromatic heterocycles. The van der Waals surface area contributed by atoms with Crippen molar-refractivity contribution in [3.8, 4) is 112 Å². The van der Waals surface area contributed by atoms with E-state index in [9.17, 15) is 0 Å². The maximum Gasteiger partial charge on any atom is 0.0718 e. The van der Waals surface area contributed by atoms with Crippen LogP contribution in [0.25, 0.3) is 243 Å². The minimum absolute atomic E-state index is 0.879. The van der Waals surface area contributed by atoms with Gasteiger partial charge < -0.3 is 18.3 Å². The average molecular weight is 1630 g/mol. The highest BCUT2D eigenvalue weighted by Crippen LogP contribution is 2.45. The molecule has 0 fully saturated rings. The van der Waals surface area contributed by atoms with E-state index in [1.807, 2.05) is 42.9 Å². The van der Waals surface area contributed by atoms with Crippen molar-refractivity contribution in [1.29, 1.82) is 0 Å². The molecule has 596 valence electrons. The van der Waals surface area contributed by atoms with Gasteiger partial charge in [-0.15, -0.1) is 0 Å². The Hall–Kier alpha value is -17.3. The molecule has 0 aliphatic rings. The Morgan fingerprint density at radius 3 is 0.867 bits per heavy atom. The molecule has 0 saturated carbocycles. The van der Waals surface area contributed by atoms with Crippen LogP contribution in [0.4, 0.5) is 0 Å². The Morgan fingerprint density at radius 1 is 0.148 bits per heavy atom. The van der Waals surface area contributed by atoms with Gasteiger partial charge in [0.15, 0.2) is 0 Å². The smallest absolute Gasteiger partial charge is 0.0718 e. The van der Waals surface area contributed by atoms with Gasteiger partial charge >= 0.3 is 0 Å². The summed E-state index contributed by atoms with van der Waals surface area (Å²) in [4.78, 5) is 25.4. The fourth-order valence-electron chi connectivity index (χ4n) is 19.6. The van der Waals surface area contributed by atoms with Crippen molar-refractivity contribution < 1.29 is 0 Å². The van der Waals surface area contributed by atoms with E-state index in [0.717, 1.165) is 161 Å². The molecular weight excluding hydrogens is 1560 g/mol. The second kappa shape index (κ2) is 30.4. The Morgan fingerprint density at radius 2 is 0.453 bits per heavy atom. The number of rotatable bonds is 12. The summed E-state index contributed by atoms with van der Waals surface area (Å²) < 4.78 is 9.44. The molecule has 0 amide bonds. The second-order valence-electron chi connectivity index (χ2n) is 33.1. The van der Waals surface area contributed by atoms with Crippen LogP contribution in [0.15, 0.2) is 455 Å². The Balaban J connectivity index is 0.000000139. The lowest BCUT2D eigenvalue weighted by atomic mass is 9.93. The van der Waals surface area contributed by atoms with E-state index in [4.69, 9.17) is 24.9 Å². The molecule has 0 unspecified atom stereocenters. The fraction of sp³-hybridized carbons (Fsp3) is 0. The van der Waals surface area contributed by atoms with Crippen LogP contribution >= 0.6 is 0 Å². The van der Waals surface area contributed by atoms with Crippen molar-refractivity contribution in [2.75, 3.05) is 0 Å². The van der Waals surface area contributed by atoms with Crippen molar-refractivity contribution >= 4 is 131 Å². The zero-order valence-electron chi connectivity index (χ0n) is 69.3. The van der Waals surface area contributed by atoms with Gasteiger partial charge in [0, 0.05) is 134 Å². The van der Waals surface area contributed by atoms with Crippen LogP contribution in [0, 0.1) is 0 Å². The maximum absolute atomic E-state index is 5.44. The molecule has 26 rings (SSSR count). The van der Waals surface area contributed by atoms with E-state index in [0.29, 0.717) is 0 Å². The summed E-state index contributed by atoms with van der Waals surface area (Å²) in [5.74, 6) is 0. The number of fused-ring (bicyclic) bond motifs is 16. The van der Waals surface area contributed by atoms with Gasteiger partial charge in [-0.25, -0.2) is 9.97 Å². The lowest BCUT2D eigenvalue weighted by molar-refractivity contribution is 1.18. The average Bonchev–Trinajstić information content (AvgIpc) is 1.76. The highest BCUT2D eigenvalue weighted by atomic mass is 15.0. The molecule has 0 radical (unpaired) electrons. The second-order valence-corrected chi connectivity index (χ2v) is 33.1. The lowest BCUT2D eigenvalue weighted by Crippen LogP contribution is -1.94. The molecule has 9 nitrogen and oxygen atoms in total. The molecule has 0 spiro atoms. The number of para-hydroxylation sites is 10. The standard InChI is InChI=1S/C60H38N4.C59H37N5/c1-3-17-46(18-4-1)63-57-24-11-8-21-48(57)52-35-41(27-30-59(52)63)40-26-29-55-51(34-40)50(42-16-13-15-39(32-42)45-33-43-14-7-10-23-54(43)61-38-45)37-56(62-55)44-28-31-60-53(36-44)49-22-9-12-25-58(49)64(60)47-19-5-2-6-20-47;1-3-14-44(15-4-1)63-56-21-11-8-18-46(56)50-33-39(25-29-58(50)63)38-23-28-54-49(32-38)48(42-24-27-53(60-36-42)43-31-40-13-7-10-20-52(40)61-37-43)35-55(62-54)41-26-30-59-51(34-41)47-19-9-12-22-57(47)64(59)45-16-5-2-6-17-45/h1-38H;1-37H. The van der Waals surface area contributed by atoms with Gasteiger partial charge in [-0.2, -0.15) is 0 Å². The highest BCUT2D eigenvalue weighted by molar-refractivity contribution is 6.15. The molecule has 128 heavy (non-hydrogen) atoms. The van der Waals surface area contributed by atoms with Gasteiger partial charge in [-0.05, 0) is 239 Å². The van der Waals surface area contributed by atoms with Gasteiger partial charge in [0.2, 0.25) is 0 Å². The molecule has 0 atom stereocenters. The zero-order chi connectivity index (χ0) is 84.3. The first-order chi connectivity index (χ1) is 63.4. The number of hydrogen-bond donors (Lipinski definition) is 0. The zero-order valence-corrected chi connectivity index (χ0v) is 69.3. The predicted octanol–water partition coefficient (Wildman–Crippen LogP) is 30.7. The van der Waals surface area contributed by atoms with E-state index in [-0.39, 0.29) is 0 Å². The summed E-state index contributed by atoms with van der Waals surface area (Å²) >= 11 is 0. The minimum atomic E-state index is 0.879. The number of nitrogens with zero attached hydrogens (tertiary/aromatic N) is 9. The van der Waals surface area contributed by atoms with Crippen LogP contribution < -0.4 is 0 Å². The predicted molar refractivity (Wildman–Crippen MR) is 533 cm³/mol. The summed E-state index contributed by atoms with van der Waals surface area (Å²) in [6.07, 6.45) is 5.90. The van der Waals surface area contributed by atoms with E-state index < -0.39 is 0 Å². The Labute approximate surface area is 736 Å². The third-order valence-electron chi connectivity index (χ3n) is 25.7. The van der Waals surface area contributed by atoms with Crippen molar-refractivity contribution in [2.24, 2.45) is 0 Å². The van der Waals surface area contributed by atoms with Gasteiger partial charge in [-0.1, -0.05) is 243 Å².